The number of carboxylic acid groups (broad SMARTS) is 1. The third-order valence-electron chi connectivity index (χ3n) is 17.0. The van der Waals surface area contributed by atoms with Crippen LogP contribution in [0, 0.1) is 0 Å². The molecule has 0 aliphatic heterocycles. The van der Waals surface area contributed by atoms with Crippen LogP contribution in [0.25, 0.3) is 0 Å². The van der Waals surface area contributed by atoms with Gasteiger partial charge in [0.1, 0.15) is 60.1 Å². The number of nitrogens with two attached hydrogens (primary N) is 17. The second-order valence-electron chi connectivity index (χ2n) is 27.2. The van der Waals surface area contributed by atoms with Crippen LogP contribution in [0.15, 0.2) is 54.2 Å². The van der Waals surface area contributed by atoms with Crippen molar-refractivity contribution >= 4 is 125 Å². The van der Waals surface area contributed by atoms with Gasteiger partial charge in [0.15, 0.2) is 35.8 Å². The van der Waals surface area contributed by atoms with Gasteiger partial charge >= 0.3 is 0 Å². The minimum Gasteiger partial charge on any atom is -0.508 e. The first kappa shape index (κ1) is 107. The van der Waals surface area contributed by atoms with Crippen molar-refractivity contribution in [1.29, 1.82) is 0 Å². The van der Waals surface area contributed by atoms with E-state index >= 15 is 0 Å². The minimum absolute atomic E-state index is 0.00875. The standard InChI is InChI=1S/C67H126N34O13S.C2H4O2/c68-25-3-1-11-42(94-54(107)41(14-6-28-88-63(75)76)85-33-34-86-53(106)49(101-52(105)39(70)36-115)35-37-19-21-38(102)22-20-37)56(109)95-43(12-2-4-26-69)57(110)97-45(16-8-30-90-65(79)80)58(111)98-47(18-10-32-92-67(83)84)60(113)100-48(23-24-50(71)103)61(114)99-46(17-9-31-91-66(81)82)59(112)96-44(15-7-29-89-64(77)78)55(108)93-40(51(72)104)13-5-27-87-62(73)74;1-2(3)4/h19-22,39-49,85,102,115H,1-18,23-36,68-70H2,(H2,71,103)(H2,72,104)(H,86,106)(H,93,108)(H,94,107)(H,95,109)(H,96,112)(H,97,110)(H,98,111)(H,99,114)(H,100,113)(H,101,105)(H4,73,74,87)(H4,75,76,88)(H4,77,78,89)(H4,79,80,90)(H4,81,82,91)(H4,83,84,92);1H3,(H,3,4)/t39-,40-,41-,42-,43-,44-,45-,46-,47-,48-,49-;/m0./s1. The number of amides is 12. The van der Waals surface area contributed by atoms with E-state index in [2.05, 4.69) is 101 Å². The number of thiol groups is 1. The SMILES string of the molecule is CC(=O)O.NCCCC[C@H](NC(=O)[C@H](CCCN=C(N)N)NCCNC(=O)[C@H](Cc1ccc(O)cc1)NC(=O)[C@@H](N)CS)C(=O)N[C@@H](CCCCN)C(=O)N[C@@H](CCCN=C(N)N)C(=O)N[C@@H](CCCN=C(N)N)C(=O)N[C@@H](CCC(N)=O)C(=O)N[C@@H](CCCN=C(N)N)C(=O)N[C@@H](CCCN=C(N)N)C(=O)N[C@@H](CCCN=C(N)N)C(N)=O. The molecule has 0 aliphatic carbocycles. The molecule has 0 heterocycles. The molecule has 0 radical (unpaired) electrons. The first-order valence-electron chi connectivity index (χ1n) is 38.6. The highest BCUT2D eigenvalue weighted by Crippen LogP contribution is 2.15. The van der Waals surface area contributed by atoms with Crippen LogP contribution in [0.1, 0.15) is 141 Å². The molecule has 0 fully saturated rings. The number of rotatable bonds is 62. The van der Waals surface area contributed by atoms with Gasteiger partial charge < -0.3 is 166 Å². The summed E-state index contributed by atoms with van der Waals surface area (Å²) in [5.74, 6) is -13.0. The van der Waals surface area contributed by atoms with Crippen molar-refractivity contribution in [2.24, 2.45) is 127 Å². The molecule has 0 aliphatic rings. The molecule has 0 saturated carbocycles. The van der Waals surface area contributed by atoms with Gasteiger partial charge in [-0.2, -0.15) is 12.6 Å². The van der Waals surface area contributed by atoms with Gasteiger partial charge in [0.05, 0.1) is 12.1 Å². The molecule has 1 aromatic carbocycles. The third-order valence-corrected chi connectivity index (χ3v) is 17.4. The Morgan fingerprint density at radius 1 is 0.353 bits per heavy atom. The number of nitrogens with zero attached hydrogens (tertiary/aromatic N) is 6. The number of carbonyl (C=O) groups excluding carboxylic acids is 12. The summed E-state index contributed by atoms with van der Waals surface area (Å²) in [6, 6.07) is -9.14. The number of nitrogens with one attached hydrogen (secondary N) is 11. The number of phenolic OH excluding ortho intramolecular Hbond substituents is 1. The summed E-state index contributed by atoms with van der Waals surface area (Å²) in [5, 5.41) is 46.8. The molecule has 47 N–H and O–H groups in total. The molecular formula is C69H130N34O15S. The number of phenols is 1. The lowest BCUT2D eigenvalue weighted by molar-refractivity contribution is -0.136. The smallest absolute Gasteiger partial charge is 0.300 e. The molecule has 12 amide bonds. The second kappa shape index (κ2) is 62.2. The monoisotopic (exact) mass is 1710 g/mol. The van der Waals surface area contributed by atoms with Crippen LogP contribution in [-0.2, 0) is 68.7 Å². The van der Waals surface area contributed by atoms with Gasteiger partial charge in [-0.25, -0.2) is 0 Å². The largest absolute Gasteiger partial charge is 0.508 e. The number of hydrogen-bond acceptors (Lipinski definition) is 25. The lowest BCUT2D eigenvalue weighted by Gasteiger charge is -2.28. The fourth-order valence-corrected chi connectivity index (χ4v) is 11.1. The topological polar surface area (TPSA) is 911 Å². The zero-order chi connectivity index (χ0) is 90.0. The summed E-state index contributed by atoms with van der Waals surface area (Å²) < 4.78 is 0. The maximum absolute atomic E-state index is 14.9. The maximum atomic E-state index is 14.9. The minimum atomic E-state index is -1.72. The Labute approximate surface area is 695 Å². The molecule has 1 rings (SSSR count). The Hall–Kier alpha value is -12.1. The van der Waals surface area contributed by atoms with E-state index in [0.717, 1.165) is 6.92 Å². The lowest BCUT2D eigenvalue weighted by Crippen LogP contribution is -2.60. The molecule has 11 atom stereocenters. The Balaban J connectivity index is 0.0000340. The number of aromatic hydroxyl groups is 1. The number of guanidine groups is 6. The normalized spacial score (nSPS) is 13.5. The molecular weight excluding hydrogens is 1580 g/mol. The molecule has 50 heteroatoms. The predicted molar refractivity (Wildman–Crippen MR) is 452 cm³/mol. The number of primary amides is 2. The summed E-state index contributed by atoms with van der Waals surface area (Å²) in [6.45, 7) is 1.25. The predicted octanol–water partition coefficient (Wildman–Crippen LogP) is -11.9. The van der Waals surface area contributed by atoms with E-state index in [1.54, 1.807) is 12.1 Å². The molecule has 49 nitrogen and oxygen atoms in total. The van der Waals surface area contributed by atoms with Gasteiger partial charge in [-0.15, -0.1) is 0 Å². The first-order valence-corrected chi connectivity index (χ1v) is 39.3. The lowest BCUT2D eigenvalue weighted by atomic mass is 10.0. The van der Waals surface area contributed by atoms with Gasteiger partial charge in [-0.1, -0.05) is 12.1 Å². The van der Waals surface area contributed by atoms with E-state index in [4.69, 9.17) is 107 Å². The molecule has 1 aromatic rings. The Kier molecular flexibility index (Phi) is 55.9. The van der Waals surface area contributed by atoms with Crippen LogP contribution in [0.4, 0.5) is 0 Å². The van der Waals surface area contributed by atoms with Crippen LogP contribution in [0.5, 0.6) is 5.75 Å². The van der Waals surface area contributed by atoms with Crippen molar-refractivity contribution in [1.82, 2.24) is 58.5 Å². The maximum Gasteiger partial charge on any atom is 0.300 e. The molecule has 119 heavy (non-hydrogen) atoms. The summed E-state index contributed by atoms with van der Waals surface area (Å²) in [4.78, 5) is 201. The molecule has 0 bridgehead atoms. The van der Waals surface area contributed by atoms with E-state index in [-0.39, 0.29) is 215 Å². The third kappa shape index (κ3) is 52.3. The number of carbonyl (C=O) groups is 13. The van der Waals surface area contributed by atoms with Gasteiger partial charge in [0.2, 0.25) is 70.9 Å². The van der Waals surface area contributed by atoms with Crippen molar-refractivity contribution in [3.8, 4) is 5.75 Å². The van der Waals surface area contributed by atoms with Crippen molar-refractivity contribution in [3.05, 3.63) is 29.8 Å². The Bertz CT molecular complexity index is 3510. The molecule has 0 spiro atoms. The van der Waals surface area contributed by atoms with Gasteiger partial charge in [-0.3, -0.25) is 92.3 Å². The fraction of sp³-hybridized carbons (Fsp3) is 0.638. The number of benzene rings is 1. The fourth-order valence-electron chi connectivity index (χ4n) is 11.0. The summed E-state index contributed by atoms with van der Waals surface area (Å²) in [6.07, 6.45) is -0.00488. The van der Waals surface area contributed by atoms with Crippen molar-refractivity contribution < 1.29 is 72.5 Å². The van der Waals surface area contributed by atoms with E-state index in [0.29, 0.717) is 24.8 Å². The number of aliphatic carboxylic acids is 1. The van der Waals surface area contributed by atoms with Crippen LogP contribution in [-0.4, -0.2) is 260 Å². The van der Waals surface area contributed by atoms with Crippen LogP contribution < -0.4 is 156 Å². The van der Waals surface area contributed by atoms with Crippen molar-refractivity contribution in [2.45, 2.75) is 208 Å². The Morgan fingerprint density at radius 2 is 0.613 bits per heavy atom. The van der Waals surface area contributed by atoms with Crippen LogP contribution in [0.2, 0.25) is 0 Å². The second-order valence-corrected chi connectivity index (χ2v) is 27.6. The number of unbranched alkanes of at least 4 members (excludes halogenated alkanes) is 2. The number of carboxylic acids is 1. The van der Waals surface area contributed by atoms with Gasteiger partial charge in [-0.05, 0) is 153 Å². The van der Waals surface area contributed by atoms with Gasteiger partial charge in [0, 0.05) is 77.9 Å². The molecule has 0 unspecified atom stereocenters. The zero-order valence-corrected chi connectivity index (χ0v) is 68.3. The highest BCUT2D eigenvalue weighted by Gasteiger charge is 2.36. The first-order chi connectivity index (χ1) is 56.2. The Morgan fingerprint density at radius 3 is 0.891 bits per heavy atom. The van der Waals surface area contributed by atoms with Crippen molar-refractivity contribution in [2.75, 3.05) is 71.2 Å². The molecule has 0 saturated heterocycles. The number of aliphatic imine (C=N–C) groups is 6. The highest BCUT2D eigenvalue weighted by atomic mass is 32.1. The van der Waals surface area contributed by atoms with Crippen LogP contribution in [0.3, 0.4) is 0 Å². The average molecular weight is 1710 g/mol. The van der Waals surface area contributed by atoms with Crippen LogP contribution >= 0.6 is 12.6 Å². The quantitative estimate of drug-likeness (QED) is 0.0125. The van der Waals surface area contributed by atoms with E-state index < -0.39 is 156 Å². The summed E-state index contributed by atoms with van der Waals surface area (Å²) >= 11 is 4.09. The molecule has 0 aromatic heterocycles. The zero-order valence-electron chi connectivity index (χ0n) is 67.4. The van der Waals surface area contributed by atoms with E-state index in [1.807, 2.05) is 0 Å². The van der Waals surface area contributed by atoms with Crippen molar-refractivity contribution in [3.63, 3.8) is 0 Å². The highest BCUT2D eigenvalue weighted by molar-refractivity contribution is 7.80. The summed E-state index contributed by atoms with van der Waals surface area (Å²) in [7, 11) is 0. The average Bonchev–Trinajstić information content (AvgIpc) is 0.865. The number of hydrogen-bond donors (Lipinski definition) is 31. The van der Waals surface area contributed by atoms with Gasteiger partial charge in [0.25, 0.3) is 5.97 Å². The summed E-state index contributed by atoms with van der Waals surface area (Å²) in [5.41, 5.74) is 96.2. The molecule has 672 valence electrons. The van der Waals surface area contributed by atoms with E-state index in [1.165, 1.54) is 12.1 Å². The van der Waals surface area contributed by atoms with E-state index in [9.17, 15) is 62.6 Å².